The van der Waals surface area contributed by atoms with Gasteiger partial charge in [-0.05, 0) is 0 Å². The van der Waals surface area contributed by atoms with Crippen molar-refractivity contribution in [3.05, 3.63) is 0 Å². The largest absolute Gasteiger partial charge is 0.485 e. The van der Waals surface area contributed by atoms with Crippen molar-refractivity contribution >= 4 is 14.8 Å². The Morgan fingerprint density at radius 2 is 1.89 bits per heavy atom. The molecule has 0 rings (SSSR count). The van der Waals surface area contributed by atoms with Gasteiger partial charge in [0.05, 0.1) is 0 Å². The molecule has 0 aliphatic heterocycles. The molecule has 0 radical (unpaired) electrons. The Bertz CT molecular complexity index is 128. The zero-order valence-electron chi connectivity index (χ0n) is 5.67. The van der Waals surface area contributed by atoms with Gasteiger partial charge in [-0.25, -0.2) is 4.79 Å². The molecule has 0 aromatic heterocycles. The van der Waals surface area contributed by atoms with Crippen LogP contribution in [0.5, 0.6) is 0 Å². The van der Waals surface area contributed by atoms with Crippen LogP contribution in [0.25, 0.3) is 0 Å². The molecule has 0 amide bonds. The number of hydrogen-bond acceptors (Lipinski definition) is 4. The van der Waals surface area contributed by atoms with Crippen LogP contribution < -0.4 is 0 Å². The average molecular weight is 147 g/mol. The van der Waals surface area contributed by atoms with E-state index in [0.29, 0.717) is 0 Å². The molecule has 0 heterocycles. The van der Waals surface area contributed by atoms with Gasteiger partial charge in [0.15, 0.2) is 0 Å². The van der Waals surface area contributed by atoms with Gasteiger partial charge in [0.1, 0.15) is 0 Å². The van der Waals surface area contributed by atoms with E-state index < -0.39 is 8.72 Å². The first-order valence-corrected chi connectivity index (χ1v) is 4.64. The van der Waals surface area contributed by atoms with Crippen molar-refractivity contribution < 1.29 is 13.6 Å². The van der Waals surface area contributed by atoms with E-state index in [1.807, 2.05) is 0 Å². The third kappa shape index (κ3) is 2.53. The zero-order valence-corrected chi connectivity index (χ0v) is 6.67. The molecular formula is C4H9NO3Si. The first kappa shape index (κ1) is 8.52. The summed E-state index contributed by atoms with van der Waals surface area (Å²) in [6, 6.07) is 0. The standard InChI is InChI=1S/C4H9NO3Si/c1-7-9(3,8-2)5-4-6/h1-3H3. The number of carbonyl (C=O) groups excluding carboxylic acids is 1. The highest BCUT2D eigenvalue weighted by Gasteiger charge is 2.28. The molecule has 0 N–H and O–H groups in total. The van der Waals surface area contributed by atoms with Gasteiger partial charge >= 0.3 is 8.72 Å². The maximum Gasteiger partial charge on any atom is 0.485 e. The van der Waals surface area contributed by atoms with Crippen LogP contribution in [0.4, 0.5) is 0 Å². The molecule has 5 heteroatoms. The molecule has 0 spiro atoms. The highest BCUT2D eigenvalue weighted by atomic mass is 28.4. The van der Waals surface area contributed by atoms with Crippen LogP contribution in [0.1, 0.15) is 0 Å². The molecule has 0 saturated carbocycles. The fourth-order valence-corrected chi connectivity index (χ4v) is 0.773. The third-order valence-electron chi connectivity index (χ3n) is 1.01. The second-order valence-corrected chi connectivity index (χ2v) is 4.34. The zero-order chi connectivity index (χ0) is 7.33. The number of hydrogen-bond donors (Lipinski definition) is 0. The van der Waals surface area contributed by atoms with Gasteiger partial charge in [0.25, 0.3) is 0 Å². The molecule has 0 aliphatic rings. The Labute approximate surface area is 54.8 Å². The second-order valence-electron chi connectivity index (χ2n) is 1.51. The molecule has 0 fully saturated rings. The van der Waals surface area contributed by atoms with Crippen LogP contribution in [0, 0.1) is 0 Å². The fraction of sp³-hybridized carbons (Fsp3) is 0.750. The van der Waals surface area contributed by atoms with Crippen LogP contribution >= 0.6 is 0 Å². The second kappa shape index (κ2) is 3.52. The molecule has 0 aromatic rings. The topological polar surface area (TPSA) is 47.9 Å². The Hall–Kier alpha value is -0.483. The van der Waals surface area contributed by atoms with Crippen molar-refractivity contribution in [1.29, 1.82) is 0 Å². The number of nitrogens with zero attached hydrogens (tertiary/aromatic N) is 1. The van der Waals surface area contributed by atoms with Crippen molar-refractivity contribution in [2.24, 2.45) is 4.66 Å². The van der Waals surface area contributed by atoms with E-state index in [9.17, 15) is 4.79 Å². The molecule has 0 saturated heterocycles. The summed E-state index contributed by atoms with van der Waals surface area (Å²) >= 11 is 0. The predicted octanol–water partition coefficient (Wildman–Crippen LogP) is 0.184. The molecule has 0 atom stereocenters. The summed E-state index contributed by atoms with van der Waals surface area (Å²) in [7, 11) is 0.414. The van der Waals surface area contributed by atoms with Crippen LogP contribution in [0.15, 0.2) is 4.66 Å². The smallest absolute Gasteiger partial charge is 0.381 e. The summed E-state index contributed by atoms with van der Waals surface area (Å²) in [4.78, 5) is 9.72. The van der Waals surface area contributed by atoms with Crippen LogP contribution in [0.2, 0.25) is 6.55 Å². The van der Waals surface area contributed by atoms with Crippen molar-refractivity contribution in [3.8, 4) is 0 Å². The monoisotopic (exact) mass is 147 g/mol. The minimum Gasteiger partial charge on any atom is -0.381 e. The van der Waals surface area contributed by atoms with Gasteiger partial charge in [-0.1, -0.05) is 0 Å². The average Bonchev–Trinajstić information content (AvgIpc) is 1.89. The van der Waals surface area contributed by atoms with Crippen LogP contribution in [-0.2, 0) is 13.6 Å². The van der Waals surface area contributed by atoms with Gasteiger partial charge < -0.3 is 8.85 Å². The van der Waals surface area contributed by atoms with Crippen molar-refractivity contribution in [1.82, 2.24) is 0 Å². The molecule has 9 heavy (non-hydrogen) atoms. The molecule has 0 aliphatic carbocycles. The Kier molecular flexibility index (Phi) is 3.34. The molecule has 0 unspecified atom stereocenters. The lowest BCUT2D eigenvalue weighted by Crippen LogP contribution is -2.33. The van der Waals surface area contributed by atoms with E-state index in [2.05, 4.69) is 4.66 Å². The highest BCUT2D eigenvalue weighted by Crippen LogP contribution is 2.02. The van der Waals surface area contributed by atoms with Crippen LogP contribution in [-0.4, -0.2) is 29.0 Å². The summed E-state index contributed by atoms with van der Waals surface area (Å²) in [5, 5.41) is 0. The lowest BCUT2D eigenvalue weighted by Gasteiger charge is -2.13. The molecule has 4 nitrogen and oxygen atoms in total. The van der Waals surface area contributed by atoms with Crippen molar-refractivity contribution in [2.45, 2.75) is 6.55 Å². The maximum atomic E-state index is 9.72. The van der Waals surface area contributed by atoms with Crippen molar-refractivity contribution in [2.75, 3.05) is 14.2 Å². The minimum atomic E-state index is -2.50. The van der Waals surface area contributed by atoms with E-state index in [1.165, 1.54) is 20.3 Å². The summed E-state index contributed by atoms with van der Waals surface area (Å²) in [6.45, 7) is 1.65. The molecule has 0 aromatic carbocycles. The van der Waals surface area contributed by atoms with Crippen molar-refractivity contribution in [3.63, 3.8) is 0 Å². The molecule has 0 bridgehead atoms. The van der Waals surface area contributed by atoms with Gasteiger partial charge in [-0.3, -0.25) is 0 Å². The minimum absolute atomic E-state index is 1.40. The van der Waals surface area contributed by atoms with E-state index in [0.717, 1.165) is 0 Å². The van der Waals surface area contributed by atoms with E-state index in [-0.39, 0.29) is 0 Å². The van der Waals surface area contributed by atoms with E-state index >= 15 is 0 Å². The predicted molar refractivity (Wildman–Crippen MR) is 33.8 cm³/mol. The Balaban J connectivity index is 4.08. The first-order valence-electron chi connectivity index (χ1n) is 2.38. The Morgan fingerprint density at radius 1 is 1.44 bits per heavy atom. The number of rotatable bonds is 3. The van der Waals surface area contributed by atoms with E-state index in [4.69, 9.17) is 8.85 Å². The summed E-state index contributed by atoms with van der Waals surface area (Å²) in [5.74, 6) is 0. The van der Waals surface area contributed by atoms with Gasteiger partial charge in [0.2, 0.25) is 6.08 Å². The summed E-state index contributed by atoms with van der Waals surface area (Å²) < 4.78 is 13.0. The van der Waals surface area contributed by atoms with Gasteiger partial charge in [-0.15, -0.1) is 0 Å². The third-order valence-corrected chi connectivity index (χ3v) is 3.02. The molecular weight excluding hydrogens is 138 g/mol. The Morgan fingerprint density at radius 3 is 2.00 bits per heavy atom. The lowest BCUT2D eigenvalue weighted by molar-refractivity contribution is 0.252. The quantitative estimate of drug-likeness (QED) is 0.325. The molecule has 52 valence electrons. The summed E-state index contributed by atoms with van der Waals surface area (Å²) in [5.41, 5.74) is 0. The summed E-state index contributed by atoms with van der Waals surface area (Å²) in [6.07, 6.45) is 1.40. The highest BCUT2D eigenvalue weighted by molar-refractivity contribution is 6.64. The fourth-order valence-electron chi connectivity index (χ4n) is 0.258. The normalized spacial score (nSPS) is 10.6. The van der Waals surface area contributed by atoms with E-state index in [1.54, 1.807) is 6.55 Å². The number of isocyanates is 1. The van der Waals surface area contributed by atoms with Crippen LogP contribution in [0.3, 0.4) is 0 Å². The maximum absolute atomic E-state index is 9.72. The lowest BCUT2D eigenvalue weighted by atomic mass is 11.7. The first-order chi connectivity index (χ1) is 4.18. The van der Waals surface area contributed by atoms with Gasteiger partial charge in [-0.2, -0.15) is 4.66 Å². The van der Waals surface area contributed by atoms with Gasteiger partial charge in [0, 0.05) is 20.8 Å². The SMILES string of the molecule is CO[Si](C)(N=C=O)OC.